The van der Waals surface area contributed by atoms with Gasteiger partial charge in [0.15, 0.2) is 0 Å². The quantitative estimate of drug-likeness (QED) is 0.842. The standard InChI is InChI=1S/C13H18N2O/c1-2-9-14-11-6-3-4-7-12(11)15-10-5-8-13(15)16/h3-4,6-7,14H,2,5,8-10H2,1H3. The van der Waals surface area contributed by atoms with E-state index in [0.717, 1.165) is 37.3 Å². The first-order chi connectivity index (χ1) is 7.83. The Balaban J connectivity index is 2.21. The molecule has 3 nitrogen and oxygen atoms in total. The van der Waals surface area contributed by atoms with Crippen LogP contribution in [0.25, 0.3) is 0 Å². The van der Waals surface area contributed by atoms with Crippen LogP contribution in [0.4, 0.5) is 11.4 Å². The van der Waals surface area contributed by atoms with E-state index in [0.29, 0.717) is 6.42 Å². The van der Waals surface area contributed by atoms with Gasteiger partial charge in [-0.3, -0.25) is 4.79 Å². The molecule has 1 saturated heterocycles. The zero-order valence-corrected chi connectivity index (χ0v) is 9.70. The minimum atomic E-state index is 0.241. The first kappa shape index (κ1) is 11.0. The third-order valence-corrected chi connectivity index (χ3v) is 2.83. The van der Waals surface area contributed by atoms with E-state index in [1.54, 1.807) is 0 Å². The van der Waals surface area contributed by atoms with Gasteiger partial charge in [-0.05, 0) is 25.0 Å². The molecule has 1 heterocycles. The summed E-state index contributed by atoms with van der Waals surface area (Å²) in [7, 11) is 0. The van der Waals surface area contributed by atoms with Crippen molar-refractivity contribution >= 4 is 17.3 Å². The van der Waals surface area contributed by atoms with E-state index in [1.165, 1.54) is 0 Å². The highest BCUT2D eigenvalue weighted by Crippen LogP contribution is 2.29. The van der Waals surface area contributed by atoms with E-state index >= 15 is 0 Å². The number of carbonyl (C=O) groups excluding carboxylic acids is 1. The van der Waals surface area contributed by atoms with Crippen LogP contribution in [0.5, 0.6) is 0 Å². The number of hydrogen-bond acceptors (Lipinski definition) is 2. The SMILES string of the molecule is CCCNc1ccccc1N1CCCC1=O. The van der Waals surface area contributed by atoms with Crippen LogP contribution in [-0.4, -0.2) is 19.0 Å². The summed E-state index contributed by atoms with van der Waals surface area (Å²) in [4.78, 5) is 13.6. The molecule has 86 valence electrons. The van der Waals surface area contributed by atoms with Crippen LogP contribution in [0.3, 0.4) is 0 Å². The molecule has 0 atom stereocenters. The molecular weight excluding hydrogens is 200 g/mol. The lowest BCUT2D eigenvalue weighted by atomic mass is 10.2. The minimum absolute atomic E-state index is 0.241. The molecule has 1 aliphatic heterocycles. The molecule has 0 aromatic heterocycles. The Morgan fingerprint density at radius 2 is 2.19 bits per heavy atom. The first-order valence-corrected chi connectivity index (χ1v) is 5.96. The Morgan fingerprint density at radius 3 is 2.88 bits per heavy atom. The highest BCUT2D eigenvalue weighted by Gasteiger charge is 2.23. The second kappa shape index (κ2) is 5.01. The van der Waals surface area contributed by atoms with Gasteiger partial charge in [-0.15, -0.1) is 0 Å². The fraction of sp³-hybridized carbons (Fsp3) is 0.462. The number of hydrogen-bond donors (Lipinski definition) is 1. The van der Waals surface area contributed by atoms with Crippen molar-refractivity contribution in [3.05, 3.63) is 24.3 Å². The van der Waals surface area contributed by atoms with Crippen molar-refractivity contribution in [2.75, 3.05) is 23.3 Å². The third kappa shape index (κ3) is 2.18. The van der Waals surface area contributed by atoms with Crippen LogP contribution in [0.15, 0.2) is 24.3 Å². The topological polar surface area (TPSA) is 32.3 Å². The van der Waals surface area contributed by atoms with Gasteiger partial charge in [0.1, 0.15) is 0 Å². The van der Waals surface area contributed by atoms with Gasteiger partial charge in [0, 0.05) is 19.5 Å². The number of carbonyl (C=O) groups is 1. The smallest absolute Gasteiger partial charge is 0.227 e. The Kier molecular flexibility index (Phi) is 3.44. The molecule has 1 aromatic rings. The van der Waals surface area contributed by atoms with Crippen molar-refractivity contribution < 1.29 is 4.79 Å². The minimum Gasteiger partial charge on any atom is -0.383 e. The van der Waals surface area contributed by atoms with Crippen molar-refractivity contribution in [1.82, 2.24) is 0 Å². The molecule has 0 radical (unpaired) electrons. The number of benzene rings is 1. The van der Waals surface area contributed by atoms with Crippen molar-refractivity contribution in [1.29, 1.82) is 0 Å². The number of para-hydroxylation sites is 2. The predicted octanol–water partition coefficient (Wildman–Crippen LogP) is 2.64. The molecule has 0 saturated carbocycles. The van der Waals surface area contributed by atoms with Crippen molar-refractivity contribution in [2.24, 2.45) is 0 Å². The Morgan fingerprint density at radius 1 is 1.38 bits per heavy atom. The Labute approximate surface area is 96.5 Å². The van der Waals surface area contributed by atoms with E-state index < -0.39 is 0 Å². The second-order valence-electron chi connectivity index (χ2n) is 4.09. The lowest BCUT2D eigenvalue weighted by Gasteiger charge is -2.20. The monoisotopic (exact) mass is 218 g/mol. The summed E-state index contributed by atoms with van der Waals surface area (Å²) in [5, 5.41) is 3.37. The molecule has 0 bridgehead atoms. The number of nitrogens with one attached hydrogen (secondary N) is 1. The molecule has 1 amide bonds. The Hall–Kier alpha value is -1.51. The van der Waals surface area contributed by atoms with E-state index in [-0.39, 0.29) is 5.91 Å². The van der Waals surface area contributed by atoms with Crippen LogP contribution < -0.4 is 10.2 Å². The van der Waals surface area contributed by atoms with Gasteiger partial charge in [-0.2, -0.15) is 0 Å². The number of nitrogens with zero attached hydrogens (tertiary/aromatic N) is 1. The average molecular weight is 218 g/mol. The summed E-state index contributed by atoms with van der Waals surface area (Å²) < 4.78 is 0. The maximum absolute atomic E-state index is 11.7. The molecule has 1 N–H and O–H groups in total. The van der Waals surface area contributed by atoms with Gasteiger partial charge in [0.05, 0.1) is 11.4 Å². The summed E-state index contributed by atoms with van der Waals surface area (Å²) in [6, 6.07) is 8.04. The molecule has 0 aliphatic carbocycles. The maximum Gasteiger partial charge on any atom is 0.227 e. The van der Waals surface area contributed by atoms with Gasteiger partial charge in [0.25, 0.3) is 0 Å². The van der Waals surface area contributed by atoms with Crippen molar-refractivity contribution in [2.45, 2.75) is 26.2 Å². The van der Waals surface area contributed by atoms with E-state index in [2.05, 4.69) is 12.2 Å². The number of amides is 1. The van der Waals surface area contributed by atoms with Gasteiger partial charge >= 0.3 is 0 Å². The lowest BCUT2D eigenvalue weighted by molar-refractivity contribution is -0.117. The van der Waals surface area contributed by atoms with Crippen LogP contribution in [0, 0.1) is 0 Å². The maximum atomic E-state index is 11.7. The summed E-state index contributed by atoms with van der Waals surface area (Å²) in [6.07, 6.45) is 2.74. The van der Waals surface area contributed by atoms with E-state index in [9.17, 15) is 4.79 Å². The van der Waals surface area contributed by atoms with Gasteiger partial charge in [-0.1, -0.05) is 19.1 Å². The highest BCUT2D eigenvalue weighted by molar-refractivity contribution is 5.98. The number of rotatable bonds is 4. The van der Waals surface area contributed by atoms with Gasteiger partial charge in [-0.25, -0.2) is 0 Å². The molecule has 2 rings (SSSR count). The highest BCUT2D eigenvalue weighted by atomic mass is 16.2. The zero-order valence-electron chi connectivity index (χ0n) is 9.70. The molecule has 1 fully saturated rings. The molecule has 16 heavy (non-hydrogen) atoms. The molecular formula is C13H18N2O. The molecule has 0 unspecified atom stereocenters. The van der Waals surface area contributed by atoms with Crippen LogP contribution in [0.1, 0.15) is 26.2 Å². The summed E-state index contributed by atoms with van der Waals surface area (Å²) in [6.45, 7) is 3.93. The predicted molar refractivity (Wildman–Crippen MR) is 66.8 cm³/mol. The second-order valence-corrected chi connectivity index (χ2v) is 4.09. The third-order valence-electron chi connectivity index (χ3n) is 2.83. The van der Waals surface area contributed by atoms with Gasteiger partial charge in [0.2, 0.25) is 5.91 Å². The lowest BCUT2D eigenvalue weighted by Crippen LogP contribution is -2.24. The van der Waals surface area contributed by atoms with Crippen LogP contribution >= 0.6 is 0 Å². The normalized spacial score (nSPS) is 15.6. The summed E-state index contributed by atoms with van der Waals surface area (Å²) in [5.74, 6) is 0.241. The first-order valence-electron chi connectivity index (χ1n) is 5.96. The largest absolute Gasteiger partial charge is 0.383 e. The fourth-order valence-corrected chi connectivity index (χ4v) is 2.02. The van der Waals surface area contributed by atoms with Crippen molar-refractivity contribution in [3.8, 4) is 0 Å². The fourth-order valence-electron chi connectivity index (χ4n) is 2.02. The molecule has 3 heteroatoms. The van der Waals surface area contributed by atoms with E-state index in [4.69, 9.17) is 0 Å². The van der Waals surface area contributed by atoms with Crippen molar-refractivity contribution in [3.63, 3.8) is 0 Å². The van der Waals surface area contributed by atoms with Crippen LogP contribution in [-0.2, 0) is 4.79 Å². The average Bonchev–Trinajstić information content (AvgIpc) is 2.73. The summed E-state index contributed by atoms with van der Waals surface area (Å²) in [5.41, 5.74) is 2.10. The van der Waals surface area contributed by atoms with E-state index in [1.807, 2.05) is 29.2 Å². The van der Waals surface area contributed by atoms with Crippen LogP contribution in [0.2, 0.25) is 0 Å². The summed E-state index contributed by atoms with van der Waals surface area (Å²) >= 11 is 0. The number of anilines is 2. The molecule has 1 aliphatic rings. The molecule has 1 aromatic carbocycles. The molecule has 0 spiro atoms. The zero-order chi connectivity index (χ0) is 11.4. The Bertz CT molecular complexity index is 376. The van der Waals surface area contributed by atoms with Gasteiger partial charge < -0.3 is 10.2 Å².